The van der Waals surface area contributed by atoms with Gasteiger partial charge in [0.1, 0.15) is 3.74 Å². The predicted octanol–water partition coefficient (Wildman–Crippen LogP) is 3.41. The Morgan fingerprint density at radius 2 is 1.82 bits per heavy atom. The standard InChI is InChI=1S/C13H17Br2NO/c1-16(2)9-8-11(12(17)13(14)15)10-6-4-3-5-7-10/h3-7,11,13H,8-9H2,1-2H3/t11-/m1/s1. The van der Waals surface area contributed by atoms with E-state index in [0.29, 0.717) is 0 Å². The molecular weight excluding hydrogens is 346 g/mol. The molecular formula is C13H17Br2NO. The highest BCUT2D eigenvalue weighted by atomic mass is 79.9. The lowest BCUT2D eigenvalue weighted by Gasteiger charge is -2.19. The predicted molar refractivity (Wildman–Crippen MR) is 79.0 cm³/mol. The van der Waals surface area contributed by atoms with Crippen molar-refractivity contribution in [3.63, 3.8) is 0 Å². The summed E-state index contributed by atoms with van der Waals surface area (Å²) >= 11 is 6.60. The summed E-state index contributed by atoms with van der Waals surface area (Å²) in [7, 11) is 4.04. The minimum absolute atomic E-state index is 0.0534. The van der Waals surface area contributed by atoms with Gasteiger partial charge in [0.2, 0.25) is 0 Å². The van der Waals surface area contributed by atoms with Crippen molar-refractivity contribution in [1.29, 1.82) is 0 Å². The number of hydrogen-bond acceptors (Lipinski definition) is 2. The molecule has 0 spiro atoms. The van der Waals surface area contributed by atoms with Crippen molar-refractivity contribution in [1.82, 2.24) is 4.90 Å². The van der Waals surface area contributed by atoms with E-state index in [2.05, 4.69) is 36.8 Å². The third kappa shape index (κ3) is 4.90. The number of hydrogen-bond donors (Lipinski definition) is 0. The minimum Gasteiger partial charge on any atom is -0.309 e. The molecule has 0 radical (unpaired) electrons. The van der Waals surface area contributed by atoms with Gasteiger partial charge in [-0.3, -0.25) is 4.79 Å². The minimum atomic E-state index is -0.276. The molecule has 2 nitrogen and oxygen atoms in total. The summed E-state index contributed by atoms with van der Waals surface area (Å²) < 4.78 is -0.276. The van der Waals surface area contributed by atoms with Crippen LogP contribution in [0.5, 0.6) is 0 Å². The molecule has 1 aromatic carbocycles. The Labute approximate surface area is 120 Å². The van der Waals surface area contributed by atoms with Crippen molar-refractivity contribution in [3.8, 4) is 0 Å². The zero-order chi connectivity index (χ0) is 12.8. The summed E-state index contributed by atoms with van der Waals surface area (Å²) in [6.07, 6.45) is 0.837. The molecule has 0 aromatic heterocycles. The molecule has 1 atom stereocenters. The monoisotopic (exact) mass is 361 g/mol. The molecule has 0 saturated carbocycles. The second kappa shape index (κ2) is 7.29. The molecule has 0 aliphatic carbocycles. The first-order valence-corrected chi connectivity index (χ1v) is 7.37. The summed E-state index contributed by atoms with van der Waals surface area (Å²) in [6.45, 7) is 0.901. The number of Topliss-reactive ketones (excluding diaryl/α,β-unsaturated/α-hetero) is 1. The number of nitrogens with zero attached hydrogens (tertiary/aromatic N) is 1. The zero-order valence-electron chi connectivity index (χ0n) is 10.1. The Balaban J connectivity index is 2.83. The molecule has 0 bridgehead atoms. The second-order valence-corrected chi connectivity index (χ2v) is 7.32. The van der Waals surface area contributed by atoms with E-state index < -0.39 is 0 Å². The van der Waals surface area contributed by atoms with Gasteiger partial charge in [-0.05, 0) is 32.6 Å². The summed E-state index contributed by atoms with van der Waals surface area (Å²) in [5.41, 5.74) is 1.09. The number of carbonyl (C=O) groups is 1. The van der Waals surface area contributed by atoms with Gasteiger partial charge in [-0.25, -0.2) is 0 Å². The van der Waals surface area contributed by atoms with Crippen LogP contribution in [0.25, 0.3) is 0 Å². The fourth-order valence-electron chi connectivity index (χ4n) is 1.70. The van der Waals surface area contributed by atoms with Crippen LogP contribution in [-0.4, -0.2) is 35.1 Å². The van der Waals surface area contributed by atoms with Gasteiger partial charge < -0.3 is 4.90 Å². The highest BCUT2D eigenvalue weighted by molar-refractivity contribution is 9.25. The molecule has 0 N–H and O–H groups in total. The normalized spacial score (nSPS) is 13.1. The van der Waals surface area contributed by atoms with Crippen molar-refractivity contribution in [2.24, 2.45) is 0 Å². The van der Waals surface area contributed by atoms with Crippen molar-refractivity contribution in [2.75, 3.05) is 20.6 Å². The highest BCUT2D eigenvalue weighted by Crippen LogP contribution is 2.26. The molecule has 0 heterocycles. The number of ketones is 1. The Morgan fingerprint density at radius 1 is 1.24 bits per heavy atom. The largest absolute Gasteiger partial charge is 0.309 e. The molecule has 0 amide bonds. The van der Waals surface area contributed by atoms with E-state index >= 15 is 0 Å². The molecule has 1 rings (SSSR count). The maximum absolute atomic E-state index is 12.1. The van der Waals surface area contributed by atoms with Crippen molar-refractivity contribution >= 4 is 37.6 Å². The molecule has 0 aliphatic heterocycles. The zero-order valence-corrected chi connectivity index (χ0v) is 13.2. The van der Waals surface area contributed by atoms with Crippen molar-refractivity contribution in [3.05, 3.63) is 35.9 Å². The topological polar surface area (TPSA) is 20.3 Å². The summed E-state index contributed by atoms with van der Waals surface area (Å²) in [4.78, 5) is 14.2. The van der Waals surface area contributed by atoms with Gasteiger partial charge in [0, 0.05) is 5.92 Å². The van der Waals surface area contributed by atoms with Crippen LogP contribution >= 0.6 is 31.9 Å². The second-order valence-electron chi connectivity index (χ2n) is 4.26. The number of carbonyl (C=O) groups excluding carboxylic acids is 1. The van der Waals surface area contributed by atoms with Crippen LogP contribution < -0.4 is 0 Å². The number of alkyl halides is 2. The molecule has 94 valence electrons. The Bertz CT molecular complexity index is 352. The summed E-state index contributed by atoms with van der Waals surface area (Å²) in [5, 5.41) is 0. The van der Waals surface area contributed by atoms with E-state index in [1.807, 2.05) is 44.4 Å². The van der Waals surface area contributed by atoms with Crippen LogP contribution in [0.1, 0.15) is 17.9 Å². The molecule has 4 heteroatoms. The fraction of sp³-hybridized carbons (Fsp3) is 0.462. The maximum atomic E-state index is 12.1. The first-order chi connectivity index (χ1) is 8.02. The van der Waals surface area contributed by atoms with Gasteiger partial charge in [-0.2, -0.15) is 0 Å². The molecule has 0 unspecified atom stereocenters. The first-order valence-electron chi connectivity index (χ1n) is 5.54. The van der Waals surface area contributed by atoms with E-state index in [-0.39, 0.29) is 15.4 Å². The van der Waals surface area contributed by atoms with E-state index in [1.165, 1.54) is 0 Å². The lowest BCUT2D eigenvalue weighted by atomic mass is 9.92. The lowest BCUT2D eigenvalue weighted by molar-refractivity contribution is -0.118. The maximum Gasteiger partial charge on any atom is 0.164 e. The lowest BCUT2D eigenvalue weighted by Crippen LogP contribution is -2.23. The van der Waals surface area contributed by atoms with E-state index in [4.69, 9.17) is 0 Å². The van der Waals surface area contributed by atoms with Gasteiger partial charge in [-0.15, -0.1) is 0 Å². The van der Waals surface area contributed by atoms with Gasteiger partial charge in [-0.1, -0.05) is 62.2 Å². The SMILES string of the molecule is CN(C)CC[C@@H](C(=O)C(Br)Br)c1ccccc1. The van der Waals surface area contributed by atoms with E-state index in [1.54, 1.807) is 0 Å². The summed E-state index contributed by atoms with van der Waals surface area (Å²) in [6, 6.07) is 9.95. The van der Waals surface area contributed by atoms with Crippen LogP contribution in [0.3, 0.4) is 0 Å². The van der Waals surface area contributed by atoms with Crippen LogP contribution in [0.2, 0.25) is 0 Å². The third-order valence-corrected chi connectivity index (χ3v) is 3.53. The highest BCUT2D eigenvalue weighted by Gasteiger charge is 2.24. The van der Waals surface area contributed by atoms with E-state index in [9.17, 15) is 4.79 Å². The van der Waals surface area contributed by atoms with Crippen LogP contribution in [-0.2, 0) is 4.79 Å². The quantitative estimate of drug-likeness (QED) is 0.723. The van der Waals surface area contributed by atoms with Gasteiger partial charge in [0.25, 0.3) is 0 Å². The Morgan fingerprint density at radius 3 is 2.29 bits per heavy atom. The van der Waals surface area contributed by atoms with Crippen LogP contribution in [0.4, 0.5) is 0 Å². The summed E-state index contributed by atoms with van der Waals surface area (Å²) in [5.74, 6) is 0.125. The van der Waals surface area contributed by atoms with E-state index in [0.717, 1.165) is 18.5 Å². The number of rotatable bonds is 6. The Hall–Kier alpha value is -0.190. The van der Waals surface area contributed by atoms with Gasteiger partial charge >= 0.3 is 0 Å². The molecule has 0 fully saturated rings. The van der Waals surface area contributed by atoms with Crippen molar-refractivity contribution < 1.29 is 4.79 Å². The first kappa shape index (κ1) is 14.9. The number of halogens is 2. The van der Waals surface area contributed by atoms with Gasteiger partial charge in [0.15, 0.2) is 5.78 Å². The van der Waals surface area contributed by atoms with Gasteiger partial charge in [0.05, 0.1) is 0 Å². The Kier molecular flexibility index (Phi) is 6.38. The van der Waals surface area contributed by atoms with Crippen LogP contribution in [0.15, 0.2) is 30.3 Å². The molecule has 0 saturated heterocycles. The average molecular weight is 363 g/mol. The average Bonchev–Trinajstić information content (AvgIpc) is 2.30. The van der Waals surface area contributed by atoms with Crippen molar-refractivity contribution in [2.45, 2.75) is 16.1 Å². The smallest absolute Gasteiger partial charge is 0.164 e. The molecule has 1 aromatic rings. The third-order valence-electron chi connectivity index (χ3n) is 2.63. The fourth-order valence-corrected chi connectivity index (χ4v) is 2.34. The molecule has 0 aliphatic rings. The molecule has 17 heavy (non-hydrogen) atoms. The number of benzene rings is 1. The van der Waals surface area contributed by atoms with Crippen LogP contribution in [0, 0.1) is 0 Å².